The summed E-state index contributed by atoms with van der Waals surface area (Å²) in [5.41, 5.74) is -0.166. The number of nitrogens with zero attached hydrogens (tertiary/aromatic N) is 1. The lowest BCUT2D eigenvalue weighted by Crippen LogP contribution is -2.47. The summed E-state index contributed by atoms with van der Waals surface area (Å²) in [7, 11) is 0. The minimum atomic E-state index is -2.00. The number of urea groups is 1. The number of carboxylic acids is 1. The molecule has 1 heterocycles. The topological polar surface area (TPSA) is 127 Å². The molecule has 100 valence electrons. The van der Waals surface area contributed by atoms with Gasteiger partial charge in [0.2, 0.25) is 0 Å². The molecule has 8 heteroatoms. The molecule has 2 amide bonds. The highest BCUT2D eigenvalue weighted by Gasteiger charge is 2.30. The first-order valence-corrected chi connectivity index (χ1v) is 5.26. The Bertz CT molecular complexity index is 447. The Morgan fingerprint density at radius 3 is 2.50 bits per heavy atom. The molecule has 1 atom stereocenters. The minimum absolute atomic E-state index is 0.399. The van der Waals surface area contributed by atoms with Gasteiger partial charge in [0, 0.05) is 0 Å². The van der Waals surface area contributed by atoms with Crippen molar-refractivity contribution >= 4 is 17.7 Å². The maximum Gasteiger partial charge on any atom is 0.337 e. The van der Waals surface area contributed by atoms with E-state index in [1.807, 2.05) is 0 Å². The van der Waals surface area contributed by atoms with Gasteiger partial charge in [-0.1, -0.05) is 0 Å². The van der Waals surface area contributed by atoms with Crippen LogP contribution in [-0.2, 0) is 4.79 Å². The first-order valence-electron chi connectivity index (χ1n) is 5.26. The highest BCUT2D eigenvalue weighted by Crippen LogP contribution is 2.15. The quantitative estimate of drug-likeness (QED) is 0.517. The van der Waals surface area contributed by atoms with Crippen molar-refractivity contribution in [3.63, 3.8) is 0 Å². The van der Waals surface area contributed by atoms with Crippen molar-refractivity contribution in [3.8, 4) is 0 Å². The van der Waals surface area contributed by atoms with Crippen molar-refractivity contribution in [1.29, 1.82) is 0 Å². The first kappa shape index (κ1) is 14.0. The zero-order valence-electron chi connectivity index (χ0n) is 10.4. The number of carbonyl (C=O) groups is 2. The van der Waals surface area contributed by atoms with E-state index in [-0.39, 0.29) is 0 Å². The summed E-state index contributed by atoms with van der Waals surface area (Å²) in [6.45, 7) is 4.16. The van der Waals surface area contributed by atoms with E-state index in [9.17, 15) is 14.7 Å². The fourth-order valence-electron chi connectivity index (χ4n) is 1.22. The van der Waals surface area contributed by atoms with E-state index in [0.717, 1.165) is 6.92 Å². The molecule has 0 aliphatic carbocycles. The van der Waals surface area contributed by atoms with Gasteiger partial charge in [-0.3, -0.25) is 5.10 Å². The van der Waals surface area contributed by atoms with E-state index >= 15 is 0 Å². The number of aromatic amines is 1. The van der Waals surface area contributed by atoms with Gasteiger partial charge >= 0.3 is 12.0 Å². The molecule has 8 nitrogen and oxygen atoms in total. The van der Waals surface area contributed by atoms with Crippen LogP contribution in [0.1, 0.15) is 18.3 Å². The molecule has 0 fully saturated rings. The van der Waals surface area contributed by atoms with Gasteiger partial charge in [-0.05, 0) is 20.8 Å². The van der Waals surface area contributed by atoms with Crippen LogP contribution < -0.4 is 10.6 Å². The molecule has 0 spiro atoms. The number of aliphatic hydroxyl groups is 1. The molecule has 5 N–H and O–H groups in total. The lowest BCUT2D eigenvalue weighted by Gasteiger charge is -2.18. The molecular weight excluding hydrogens is 240 g/mol. The number of aryl methyl sites for hydroxylation is 2. The van der Waals surface area contributed by atoms with Crippen LogP contribution in [0.25, 0.3) is 0 Å². The van der Waals surface area contributed by atoms with Crippen LogP contribution in [0, 0.1) is 13.8 Å². The Balaban J connectivity index is 2.56. The molecule has 1 unspecified atom stereocenters. The Morgan fingerprint density at radius 2 is 2.06 bits per heavy atom. The van der Waals surface area contributed by atoms with Crippen LogP contribution in [-0.4, -0.2) is 44.6 Å². The average molecular weight is 256 g/mol. The molecule has 0 radical (unpaired) electrons. The van der Waals surface area contributed by atoms with Gasteiger partial charge in [0.1, 0.15) is 0 Å². The van der Waals surface area contributed by atoms with E-state index < -0.39 is 24.1 Å². The molecule has 0 aliphatic heterocycles. The molecule has 18 heavy (non-hydrogen) atoms. The number of aromatic nitrogens is 2. The van der Waals surface area contributed by atoms with Crippen molar-refractivity contribution < 1.29 is 19.8 Å². The summed E-state index contributed by atoms with van der Waals surface area (Å²) < 4.78 is 0. The van der Waals surface area contributed by atoms with Gasteiger partial charge in [0.15, 0.2) is 5.60 Å². The predicted octanol–water partition coefficient (Wildman–Crippen LogP) is -0.0164. The SMILES string of the molecule is Cc1n[nH]c(C)c1NC(=O)NCC(C)(O)C(=O)O. The number of nitrogens with one attached hydrogen (secondary N) is 3. The van der Waals surface area contributed by atoms with Crippen molar-refractivity contribution in [2.75, 3.05) is 11.9 Å². The lowest BCUT2D eigenvalue weighted by molar-refractivity contribution is -0.155. The Labute approximate surface area is 103 Å². The van der Waals surface area contributed by atoms with Crippen molar-refractivity contribution in [1.82, 2.24) is 15.5 Å². The van der Waals surface area contributed by atoms with Gasteiger partial charge < -0.3 is 20.8 Å². The first-order chi connectivity index (χ1) is 8.24. The number of anilines is 1. The van der Waals surface area contributed by atoms with Crippen LogP contribution in [0.5, 0.6) is 0 Å². The molecule has 0 aliphatic rings. The third-order valence-corrected chi connectivity index (χ3v) is 2.42. The van der Waals surface area contributed by atoms with Crippen molar-refractivity contribution in [2.45, 2.75) is 26.4 Å². The highest BCUT2D eigenvalue weighted by atomic mass is 16.4. The summed E-state index contributed by atoms with van der Waals surface area (Å²) in [4.78, 5) is 22.1. The summed E-state index contributed by atoms with van der Waals surface area (Å²) in [5, 5.41) is 29.5. The van der Waals surface area contributed by atoms with E-state index in [2.05, 4.69) is 20.8 Å². The fraction of sp³-hybridized carbons (Fsp3) is 0.500. The third-order valence-electron chi connectivity index (χ3n) is 2.42. The van der Waals surface area contributed by atoms with Gasteiger partial charge in [0.05, 0.1) is 23.6 Å². The number of hydrogen-bond acceptors (Lipinski definition) is 4. The molecular formula is C10H16N4O4. The molecule has 1 aromatic rings. The van der Waals surface area contributed by atoms with Crippen LogP contribution >= 0.6 is 0 Å². The van der Waals surface area contributed by atoms with E-state index in [1.165, 1.54) is 0 Å². The summed E-state index contributed by atoms with van der Waals surface area (Å²) in [5.74, 6) is -1.40. The predicted molar refractivity (Wildman–Crippen MR) is 63.3 cm³/mol. The number of carboxylic acid groups (broad SMARTS) is 1. The second-order valence-electron chi connectivity index (χ2n) is 4.20. The van der Waals surface area contributed by atoms with Gasteiger partial charge in [-0.25, -0.2) is 9.59 Å². The molecule has 0 aromatic carbocycles. The zero-order valence-corrected chi connectivity index (χ0v) is 10.4. The summed E-state index contributed by atoms with van der Waals surface area (Å²) in [6.07, 6.45) is 0. The van der Waals surface area contributed by atoms with Gasteiger partial charge in [-0.2, -0.15) is 5.10 Å². The molecule has 1 aromatic heterocycles. The maximum atomic E-state index is 11.5. The number of H-pyrrole nitrogens is 1. The fourth-order valence-corrected chi connectivity index (χ4v) is 1.22. The summed E-state index contributed by atoms with van der Waals surface area (Å²) in [6, 6.07) is -0.607. The maximum absolute atomic E-state index is 11.5. The van der Waals surface area contributed by atoms with Gasteiger partial charge in [0.25, 0.3) is 0 Å². The zero-order chi connectivity index (χ0) is 13.9. The van der Waals surface area contributed by atoms with Crippen LogP contribution in [0.2, 0.25) is 0 Å². The monoisotopic (exact) mass is 256 g/mol. The average Bonchev–Trinajstić information content (AvgIpc) is 2.58. The van der Waals surface area contributed by atoms with E-state index in [4.69, 9.17) is 5.11 Å². The van der Waals surface area contributed by atoms with Crippen molar-refractivity contribution in [2.24, 2.45) is 0 Å². The van der Waals surface area contributed by atoms with Crippen LogP contribution in [0.3, 0.4) is 0 Å². The van der Waals surface area contributed by atoms with Crippen LogP contribution in [0.15, 0.2) is 0 Å². The van der Waals surface area contributed by atoms with Gasteiger partial charge in [-0.15, -0.1) is 0 Å². The third kappa shape index (κ3) is 3.20. The number of rotatable bonds is 4. The summed E-state index contributed by atoms with van der Waals surface area (Å²) >= 11 is 0. The Kier molecular flexibility index (Phi) is 3.92. The smallest absolute Gasteiger partial charge is 0.337 e. The normalized spacial score (nSPS) is 13.8. The number of carbonyl (C=O) groups excluding carboxylic acids is 1. The number of aliphatic carboxylic acids is 1. The van der Waals surface area contributed by atoms with Crippen molar-refractivity contribution in [3.05, 3.63) is 11.4 Å². The second kappa shape index (κ2) is 5.05. The standard InChI is InChI=1S/C10H16N4O4/c1-5-7(6(2)14-13-5)12-9(17)11-4-10(3,18)8(15)16/h18H,4H2,1-3H3,(H,13,14)(H,15,16)(H2,11,12,17). The minimum Gasteiger partial charge on any atom is -0.479 e. The highest BCUT2D eigenvalue weighted by molar-refractivity contribution is 5.91. The second-order valence-corrected chi connectivity index (χ2v) is 4.20. The molecule has 0 saturated carbocycles. The van der Waals surface area contributed by atoms with E-state index in [1.54, 1.807) is 13.8 Å². The molecule has 0 saturated heterocycles. The largest absolute Gasteiger partial charge is 0.479 e. The lowest BCUT2D eigenvalue weighted by atomic mass is 10.1. The Morgan fingerprint density at radius 1 is 1.44 bits per heavy atom. The molecule has 1 rings (SSSR count). The Hall–Kier alpha value is -2.09. The van der Waals surface area contributed by atoms with Crippen LogP contribution in [0.4, 0.5) is 10.5 Å². The molecule has 0 bridgehead atoms. The van der Waals surface area contributed by atoms with E-state index in [0.29, 0.717) is 17.1 Å². The number of amides is 2. The number of hydrogen-bond donors (Lipinski definition) is 5.